The van der Waals surface area contributed by atoms with Gasteiger partial charge in [-0.2, -0.15) is 0 Å². The van der Waals surface area contributed by atoms with Crippen molar-refractivity contribution in [2.24, 2.45) is 34.3 Å². The Morgan fingerprint density at radius 3 is 2.26 bits per heavy atom. The molecule has 6 rings (SSSR count). The van der Waals surface area contributed by atoms with E-state index >= 15 is 0 Å². The van der Waals surface area contributed by atoms with Crippen LogP contribution >= 0.6 is 12.2 Å². The number of benzene rings is 1. The Balaban J connectivity index is 1.42. The van der Waals surface area contributed by atoms with E-state index in [1.54, 1.807) is 5.56 Å². The fraction of sp³-hybridized carbons (Fsp3) is 0.750. The summed E-state index contributed by atoms with van der Waals surface area (Å²) in [7, 11) is 0. The Morgan fingerprint density at radius 2 is 1.68 bits per heavy atom. The van der Waals surface area contributed by atoms with Crippen molar-refractivity contribution in [3.8, 4) is 0 Å². The fourth-order valence-electron chi connectivity index (χ4n) is 8.62. The molecular formula is C28H42N2S. The van der Waals surface area contributed by atoms with Crippen molar-refractivity contribution in [1.82, 2.24) is 5.32 Å². The summed E-state index contributed by atoms with van der Waals surface area (Å²) < 4.78 is 0. The highest BCUT2D eigenvalue weighted by Gasteiger charge is 2.66. The molecule has 5 saturated carbocycles. The van der Waals surface area contributed by atoms with Gasteiger partial charge in [0.15, 0.2) is 0 Å². The fourth-order valence-corrected chi connectivity index (χ4v) is 9.03. The largest absolute Gasteiger partial charge is 0.376 e. The smallest absolute Gasteiger partial charge is 0.0818 e. The molecule has 0 aliphatic heterocycles. The number of hydrogen-bond acceptors (Lipinski definition) is 2. The molecule has 0 spiro atoms. The van der Waals surface area contributed by atoms with Crippen LogP contribution in [0.15, 0.2) is 30.3 Å². The molecule has 5 aliphatic carbocycles. The Bertz CT molecular complexity index is 778. The number of thiocarbonyl (C=S) groups is 1. The molecule has 4 bridgehead atoms. The first-order chi connectivity index (χ1) is 14.9. The van der Waals surface area contributed by atoms with Gasteiger partial charge in [-0.15, -0.1) is 0 Å². The molecule has 5 aliphatic rings. The lowest BCUT2D eigenvalue weighted by Crippen LogP contribution is -2.65. The SMILES string of the molecule is CCCC1(C)C2CC3(C(=S)NC4CCC(CN)CC4)CC1CC(c1ccccc1)(C2)C3. The van der Waals surface area contributed by atoms with Crippen LogP contribution in [0.2, 0.25) is 0 Å². The minimum Gasteiger partial charge on any atom is -0.376 e. The van der Waals surface area contributed by atoms with Gasteiger partial charge in [-0.1, -0.05) is 62.8 Å². The normalized spacial score (nSPS) is 43.7. The standard InChI is InChI=1S/C28H42N2S/c1-3-13-26(2)22-14-27(21-7-5-4-6-8-21)15-23(26)17-28(16-22,19-27)25(31)30-24-11-9-20(18-29)10-12-24/h4-8,20,22-24H,3,9-19,29H2,1-2H3,(H,30,31). The quantitative estimate of drug-likeness (QED) is 0.506. The van der Waals surface area contributed by atoms with E-state index in [0.717, 1.165) is 24.3 Å². The van der Waals surface area contributed by atoms with Crippen molar-refractivity contribution in [3.63, 3.8) is 0 Å². The van der Waals surface area contributed by atoms with Gasteiger partial charge in [-0.3, -0.25) is 0 Å². The van der Waals surface area contributed by atoms with E-state index in [1.807, 2.05) is 0 Å². The van der Waals surface area contributed by atoms with E-state index in [2.05, 4.69) is 49.5 Å². The van der Waals surface area contributed by atoms with Gasteiger partial charge < -0.3 is 11.1 Å². The molecule has 31 heavy (non-hydrogen) atoms. The van der Waals surface area contributed by atoms with Crippen LogP contribution < -0.4 is 11.1 Å². The molecule has 5 fully saturated rings. The molecule has 0 saturated heterocycles. The molecule has 3 heteroatoms. The van der Waals surface area contributed by atoms with Gasteiger partial charge in [-0.25, -0.2) is 0 Å². The minimum absolute atomic E-state index is 0.217. The third kappa shape index (κ3) is 3.59. The van der Waals surface area contributed by atoms with E-state index in [4.69, 9.17) is 18.0 Å². The zero-order valence-electron chi connectivity index (χ0n) is 19.7. The van der Waals surface area contributed by atoms with E-state index < -0.39 is 0 Å². The Labute approximate surface area is 195 Å². The monoisotopic (exact) mass is 438 g/mol. The highest BCUT2D eigenvalue weighted by atomic mass is 32.1. The summed E-state index contributed by atoms with van der Waals surface area (Å²) in [5.74, 6) is 2.34. The average molecular weight is 439 g/mol. The van der Waals surface area contributed by atoms with Gasteiger partial charge in [0.05, 0.1) is 4.99 Å². The Kier molecular flexibility index (Phi) is 5.74. The summed E-state index contributed by atoms with van der Waals surface area (Å²) in [6.07, 6.45) is 14.3. The number of nitrogens with one attached hydrogen (secondary N) is 1. The molecule has 0 aromatic heterocycles. The predicted octanol–water partition coefficient (Wildman–Crippen LogP) is 6.38. The van der Waals surface area contributed by atoms with Crippen molar-refractivity contribution in [2.45, 2.75) is 95.9 Å². The molecule has 170 valence electrons. The maximum absolute atomic E-state index is 6.29. The van der Waals surface area contributed by atoms with Gasteiger partial charge in [0.25, 0.3) is 0 Å². The lowest BCUT2D eigenvalue weighted by atomic mass is 9.36. The summed E-state index contributed by atoms with van der Waals surface area (Å²) in [6.45, 7) is 5.85. The molecule has 2 atom stereocenters. The highest BCUT2D eigenvalue weighted by Crippen LogP contribution is 2.72. The first-order valence-corrected chi connectivity index (χ1v) is 13.4. The summed E-state index contributed by atoms with van der Waals surface area (Å²) in [4.78, 5) is 1.22. The molecule has 2 unspecified atom stereocenters. The van der Waals surface area contributed by atoms with Gasteiger partial charge in [0, 0.05) is 11.5 Å². The topological polar surface area (TPSA) is 38.0 Å². The number of hydrogen-bond donors (Lipinski definition) is 2. The summed E-state index contributed by atoms with van der Waals surface area (Å²) in [5.41, 5.74) is 8.57. The van der Waals surface area contributed by atoms with Crippen molar-refractivity contribution >= 4 is 17.2 Å². The average Bonchev–Trinajstić information content (AvgIpc) is 2.78. The van der Waals surface area contributed by atoms with Crippen LogP contribution in [0.5, 0.6) is 0 Å². The van der Waals surface area contributed by atoms with Crippen LogP contribution in [0.4, 0.5) is 0 Å². The van der Waals surface area contributed by atoms with Crippen LogP contribution in [0.1, 0.15) is 90.0 Å². The Morgan fingerprint density at radius 1 is 1.03 bits per heavy atom. The van der Waals surface area contributed by atoms with Crippen molar-refractivity contribution < 1.29 is 0 Å². The summed E-state index contributed by atoms with van der Waals surface area (Å²) in [6, 6.07) is 12.0. The molecular weight excluding hydrogens is 396 g/mol. The second-order valence-electron chi connectivity index (χ2n) is 12.0. The van der Waals surface area contributed by atoms with Gasteiger partial charge in [0.1, 0.15) is 0 Å². The zero-order valence-corrected chi connectivity index (χ0v) is 20.5. The third-order valence-corrected chi connectivity index (χ3v) is 10.8. The van der Waals surface area contributed by atoms with E-state index in [-0.39, 0.29) is 5.41 Å². The molecule has 0 radical (unpaired) electrons. The first kappa shape index (κ1) is 21.9. The zero-order chi connectivity index (χ0) is 21.7. The molecule has 1 aromatic carbocycles. The molecule has 0 heterocycles. The van der Waals surface area contributed by atoms with Crippen LogP contribution in [-0.4, -0.2) is 17.6 Å². The van der Waals surface area contributed by atoms with Crippen LogP contribution in [0.25, 0.3) is 0 Å². The summed E-state index contributed by atoms with van der Waals surface area (Å²) in [5, 5.41) is 3.94. The maximum Gasteiger partial charge on any atom is 0.0818 e. The summed E-state index contributed by atoms with van der Waals surface area (Å²) >= 11 is 6.29. The molecule has 3 N–H and O–H groups in total. The van der Waals surface area contributed by atoms with Crippen molar-refractivity contribution in [2.75, 3.05) is 6.54 Å². The Hall–Kier alpha value is -0.930. The van der Waals surface area contributed by atoms with Gasteiger partial charge >= 0.3 is 0 Å². The van der Waals surface area contributed by atoms with Gasteiger partial charge in [-0.05, 0) is 105 Å². The minimum atomic E-state index is 0.217. The van der Waals surface area contributed by atoms with Crippen molar-refractivity contribution in [1.29, 1.82) is 0 Å². The van der Waals surface area contributed by atoms with Crippen LogP contribution in [0, 0.1) is 28.6 Å². The third-order valence-electron chi connectivity index (χ3n) is 10.3. The highest BCUT2D eigenvalue weighted by molar-refractivity contribution is 7.80. The van der Waals surface area contributed by atoms with Gasteiger partial charge in [0.2, 0.25) is 0 Å². The second-order valence-corrected chi connectivity index (χ2v) is 12.4. The lowest BCUT2D eigenvalue weighted by Gasteiger charge is -2.69. The van der Waals surface area contributed by atoms with E-state index in [9.17, 15) is 0 Å². The van der Waals surface area contributed by atoms with Crippen LogP contribution in [0.3, 0.4) is 0 Å². The molecule has 0 amide bonds. The first-order valence-electron chi connectivity index (χ1n) is 13.0. The van der Waals surface area contributed by atoms with Crippen molar-refractivity contribution in [3.05, 3.63) is 35.9 Å². The number of nitrogens with two attached hydrogens (primary N) is 1. The second kappa shape index (κ2) is 8.13. The molecule has 2 nitrogen and oxygen atoms in total. The van der Waals surface area contributed by atoms with Crippen LogP contribution in [-0.2, 0) is 5.41 Å². The molecule has 1 aromatic rings. The lowest BCUT2D eigenvalue weighted by molar-refractivity contribution is -0.137. The maximum atomic E-state index is 6.29. The predicted molar refractivity (Wildman–Crippen MR) is 134 cm³/mol. The van der Waals surface area contributed by atoms with E-state index in [0.29, 0.717) is 16.9 Å². The van der Waals surface area contributed by atoms with E-state index in [1.165, 1.54) is 75.6 Å². The number of rotatable bonds is 6.